The maximum Gasteiger partial charge on any atom is 0.264 e. The van der Waals surface area contributed by atoms with Crippen LogP contribution in [0.3, 0.4) is 0 Å². The van der Waals surface area contributed by atoms with Gasteiger partial charge >= 0.3 is 0 Å². The summed E-state index contributed by atoms with van der Waals surface area (Å²) in [6.45, 7) is 4.87. The molecule has 3 rings (SSSR count). The van der Waals surface area contributed by atoms with Crippen LogP contribution in [0, 0.1) is 0 Å². The predicted molar refractivity (Wildman–Crippen MR) is 160 cm³/mol. The highest BCUT2D eigenvalue weighted by molar-refractivity contribution is 7.92. The number of nitrogens with zero attached hydrogens (tertiary/aromatic N) is 2. The van der Waals surface area contributed by atoms with Crippen LogP contribution in [0.1, 0.15) is 32.8 Å². The summed E-state index contributed by atoms with van der Waals surface area (Å²) in [5, 5.41) is 3.30. The number of anilines is 1. The van der Waals surface area contributed by atoms with Crippen LogP contribution in [0.4, 0.5) is 5.69 Å². The number of carbonyl (C=O) groups is 2. The third kappa shape index (κ3) is 7.71. The van der Waals surface area contributed by atoms with Crippen LogP contribution in [-0.2, 0) is 26.2 Å². The molecule has 2 amide bonds. The summed E-state index contributed by atoms with van der Waals surface area (Å²) in [6, 6.07) is 18.4. The maximum atomic E-state index is 14.1. The van der Waals surface area contributed by atoms with Crippen molar-refractivity contribution in [3.05, 3.63) is 83.4 Å². The van der Waals surface area contributed by atoms with Gasteiger partial charge in [0.2, 0.25) is 11.8 Å². The van der Waals surface area contributed by atoms with E-state index in [9.17, 15) is 18.0 Å². The van der Waals surface area contributed by atoms with Gasteiger partial charge in [-0.2, -0.15) is 0 Å². The van der Waals surface area contributed by atoms with Gasteiger partial charge in [-0.15, -0.1) is 0 Å². The van der Waals surface area contributed by atoms with E-state index in [2.05, 4.69) is 5.32 Å². The van der Waals surface area contributed by atoms with Crippen molar-refractivity contribution in [1.29, 1.82) is 0 Å². The Hall–Kier alpha value is -3.76. The monoisotopic (exact) mass is 601 g/mol. The lowest BCUT2D eigenvalue weighted by molar-refractivity contribution is -0.140. The number of sulfonamides is 1. The molecular weight excluding hydrogens is 566 g/mol. The molecule has 0 aliphatic rings. The smallest absolute Gasteiger partial charge is 0.264 e. The van der Waals surface area contributed by atoms with E-state index in [-0.39, 0.29) is 34.8 Å². The highest BCUT2D eigenvalue weighted by atomic mass is 35.5. The molecule has 0 radical (unpaired) electrons. The lowest BCUT2D eigenvalue weighted by Gasteiger charge is -2.34. The van der Waals surface area contributed by atoms with Gasteiger partial charge in [-0.3, -0.25) is 13.9 Å². The molecule has 0 aliphatic heterocycles. The molecule has 0 bridgehead atoms. The lowest BCUT2D eigenvalue weighted by Crippen LogP contribution is -2.53. The summed E-state index contributed by atoms with van der Waals surface area (Å²) < 4.78 is 39.7. The maximum absolute atomic E-state index is 14.1. The molecule has 220 valence electrons. The fourth-order valence-electron chi connectivity index (χ4n) is 4.33. The minimum absolute atomic E-state index is 0.00484. The Bertz CT molecular complexity index is 1450. The van der Waals surface area contributed by atoms with Crippen molar-refractivity contribution in [2.45, 2.75) is 50.7 Å². The Morgan fingerprint density at radius 2 is 1.56 bits per heavy atom. The van der Waals surface area contributed by atoms with Gasteiger partial charge in [0.25, 0.3) is 10.0 Å². The van der Waals surface area contributed by atoms with Gasteiger partial charge < -0.3 is 19.7 Å². The first-order valence-corrected chi connectivity index (χ1v) is 15.0. The number of rotatable bonds is 13. The van der Waals surface area contributed by atoms with Crippen molar-refractivity contribution in [2.75, 3.05) is 25.1 Å². The molecule has 9 nitrogen and oxygen atoms in total. The average molecular weight is 602 g/mol. The third-order valence-corrected chi connectivity index (χ3v) is 8.54. The van der Waals surface area contributed by atoms with Crippen LogP contribution < -0.4 is 19.1 Å². The molecule has 41 heavy (non-hydrogen) atoms. The molecule has 0 fully saturated rings. The number of carbonyl (C=O) groups excluding carboxylic acids is 2. The van der Waals surface area contributed by atoms with Crippen molar-refractivity contribution < 1.29 is 27.5 Å². The van der Waals surface area contributed by atoms with Gasteiger partial charge in [0.05, 0.1) is 24.8 Å². The summed E-state index contributed by atoms with van der Waals surface area (Å²) in [6.07, 6.45) is 0.300. The standard InChI is InChI=1S/C30H36ClN3O6S/c1-6-26(30(36)32-21(2)3)33(19-22-11-7-8-12-25(22)31)29(35)20-34(27-13-9-10-14-28(27)40-5)41(37,38)24-17-15-23(39-4)16-18-24/h7-18,21,26H,6,19-20H2,1-5H3,(H,32,36). The Morgan fingerprint density at radius 3 is 2.15 bits per heavy atom. The summed E-state index contributed by atoms with van der Waals surface area (Å²) in [4.78, 5) is 28.7. The van der Waals surface area contributed by atoms with Gasteiger partial charge in [-0.25, -0.2) is 8.42 Å². The van der Waals surface area contributed by atoms with Crippen molar-refractivity contribution in [2.24, 2.45) is 0 Å². The van der Waals surface area contributed by atoms with Crippen LogP contribution in [0.25, 0.3) is 0 Å². The molecule has 0 heterocycles. The molecule has 11 heteroatoms. The number of para-hydroxylation sites is 2. The van der Waals surface area contributed by atoms with E-state index < -0.39 is 28.5 Å². The second-order valence-electron chi connectivity index (χ2n) is 9.56. The second kappa shape index (κ2) is 14.2. The van der Waals surface area contributed by atoms with Crippen molar-refractivity contribution >= 4 is 39.1 Å². The van der Waals surface area contributed by atoms with Gasteiger partial charge in [-0.05, 0) is 68.3 Å². The summed E-state index contributed by atoms with van der Waals surface area (Å²) in [7, 11) is -1.36. The number of hydrogen-bond donors (Lipinski definition) is 1. The van der Waals surface area contributed by atoms with E-state index in [4.69, 9.17) is 21.1 Å². The average Bonchev–Trinajstić information content (AvgIpc) is 2.96. The zero-order valence-electron chi connectivity index (χ0n) is 23.8. The zero-order valence-corrected chi connectivity index (χ0v) is 25.4. The van der Waals surface area contributed by atoms with E-state index in [0.717, 1.165) is 4.31 Å². The topological polar surface area (TPSA) is 105 Å². The fourth-order valence-corrected chi connectivity index (χ4v) is 5.95. The largest absolute Gasteiger partial charge is 0.497 e. The molecule has 1 atom stereocenters. The van der Waals surface area contributed by atoms with Gasteiger partial charge in [-0.1, -0.05) is 48.9 Å². The second-order valence-corrected chi connectivity index (χ2v) is 11.8. The van der Waals surface area contributed by atoms with Crippen LogP contribution in [0.5, 0.6) is 11.5 Å². The minimum Gasteiger partial charge on any atom is -0.497 e. The SMILES string of the molecule is CCC(C(=O)NC(C)C)N(Cc1ccccc1Cl)C(=O)CN(c1ccccc1OC)S(=O)(=O)c1ccc(OC)cc1. The van der Waals surface area contributed by atoms with Crippen molar-refractivity contribution in [3.63, 3.8) is 0 Å². The molecular formula is C30H36ClN3O6S. The molecule has 1 N–H and O–H groups in total. The Labute approximate surface area is 247 Å². The molecule has 3 aromatic rings. The number of nitrogens with one attached hydrogen (secondary N) is 1. The van der Waals surface area contributed by atoms with Crippen LogP contribution in [0.15, 0.2) is 77.7 Å². The van der Waals surface area contributed by atoms with Gasteiger partial charge in [0.15, 0.2) is 0 Å². The minimum atomic E-state index is -4.27. The number of ether oxygens (including phenoxy) is 2. The number of amides is 2. The molecule has 0 aliphatic carbocycles. The molecule has 0 spiro atoms. The molecule has 1 unspecified atom stereocenters. The number of hydrogen-bond acceptors (Lipinski definition) is 6. The first-order chi connectivity index (χ1) is 19.5. The molecule has 0 saturated heterocycles. The van der Waals surface area contributed by atoms with Crippen LogP contribution >= 0.6 is 11.6 Å². The fraction of sp³-hybridized carbons (Fsp3) is 0.333. The van der Waals surface area contributed by atoms with E-state index in [1.807, 2.05) is 13.8 Å². The summed E-state index contributed by atoms with van der Waals surface area (Å²) in [5.41, 5.74) is 0.803. The Balaban J connectivity index is 2.11. The van der Waals surface area contributed by atoms with Crippen LogP contribution in [0.2, 0.25) is 5.02 Å². The van der Waals surface area contributed by atoms with Crippen molar-refractivity contribution in [3.8, 4) is 11.5 Å². The first-order valence-electron chi connectivity index (χ1n) is 13.2. The number of benzene rings is 3. The van der Waals surface area contributed by atoms with E-state index >= 15 is 0 Å². The molecule has 0 saturated carbocycles. The normalized spacial score (nSPS) is 12.0. The van der Waals surface area contributed by atoms with Crippen LogP contribution in [-0.4, -0.2) is 58.0 Å². The van der Waals surface area contributed by atoms with E-state index in [1.165, 1.54) is 43.4 Å². The van der Waals surface area contributed by atoms with E-state index in [0.29, 0.717) is 22.8 Å². The summed E-state index contributed by atoms with van der Waals surface area (Å²) >= 11 is 6.43. The lowest BCUT2D eigenvalue weighted by atomic mass is 10.1. The predicted octanol–water partition coefficient (Wildman–Crippen LogP) is 4.88. The Kier molecular flexibility index (Phi) is 11.0. The summed E-state index contributed by atoms with van der Waals surface area (Å²) in [5.74, 6) is -0.181. The van der Waals surface area contributed by atoms with Crippen molar-refractivity contribution in [1.82, 2.24) is 10.2 Å². The zero-order chi connectivity index (χ0) is 30.2. The van der Waals surface area contributed by atoms with Gasteiger partial charge in [0.1, 0.15) is 24.1 Å². The van der Waals surface area contributed by atoms with Gasteiger partial charge in [0, 0.05) is 17.6 Å². The first kappa shape index (κ1) is 31.8. The Morgan fingerprint density at radius 1 is 0.927 bits per heavy atom. The molecule has 3 aromatic carbocycles. The third-order valence-electron chi connectivity index (χ3n) is 6.40. The highest BCUT2D eigenvalue weighted by Gasteiger charge is 2.35. The number of methoxy groups -OCH3 is 2. The molecule has 0 aromatic heterocycles. The highest BCUT2D eigenvalue weighted by Crippen LogP contribution is 2.33. The van der Waals surface area contributed by atoms with E-state index in [1.54, 1.807) is 55.5 Å². The number of halogens is 1. The quantitative estimate of drug-likeness (QED) is 0.299.